The van der Waals surface area contributed by atoms with Crippen LogP contribution in [0.25, 0.3) is 0 Å². The molecule has 1 heterocycles. The van der Waals surface area contributed by atoms with Crippen LogP contribution in [-0.2, 0) is 0 Å². The Morgan fingerprint density at radius 2 is 2.11 bits per heavy atom. The van der Waals surface area contributed by atoms with E-state index in [1.807, 2.05) is 12.3 Å². The summed E-state index contributed by atoms with van der Waals surface area (Å²) in [4.78, 5) is 4.18. The number of halogens is 1. The van der Waals surface area contributed by atoms with E-state index in [-0.39, 0.29) is 0 Å². The predicted octanol–water partition coefficient (Wildman–Crippen LogP) is 3.53. The molecule has 4 heteroatoms. The molecule has 104 valence electrons. The highest BCUT2D eigenvalue weighted by Gasteiger charge is 2.55. The number of aromatic nitrogens is 1. The molecule has 0 aromatic carbocycles. The molecular formula is C15H21BrN2O. The Morgan fingerprint density at radius 3 is 2.79 bits per heavy atom. The summed E-state index contributed by atoms with van der Waals surface area (Å²) in [6.45, 7) is 0. The third-order valence-corrected chi connectivity index (χ3v) is 5.31. The molecule has 1 spiro atoms. The number of hydrogen-bond acceptors (Lipinski definition) is 3. The van der Waals surface area contributed by atoms with E-state index in [4.69, 9.17) is 4.74 Å². The molecule has 0 saturated heterocycles. The maximum Gasteiger partial charge on any atom is 0.139 e. The van der Waals surface area contributed by atoms with Crippen molar-refractivity contribution in [1.82, 2.24) is 10.3 Å². The van der Waals surface area contributed by atoms with Crippen molar-refractivity contribution in [3.05, 3.63) is 22.9 Å². The van der Waals surface area contributed by atoms with E-state index in [0.717, 1.165) is 16.6 Å². The van der Waals surface area contributed by atoms with E-state index in [0.29, 0.717) is 17.6 Å². The Labute approximate surface area is 123 Å². The number of pyridine rings is 1. The zero-order valence-electron chi connectivity index (χ0n) is 11.4. The van der Waals surface area contributed by atoms with E-state index in [2.05, 4.69) is 33.3 Å². The van der Waals surface area contributed by atoms with E-state index >= 15 is 0 Å². The highest BCUT2D eigenvalue weighted by Crippen LogP contribution is 2.53. The molecule has 2 aliphatic rings. The molecule has 2 saturated carbocycles. The van der Waals surface area contributed by atoms with Crippen molar-refractivity contribution in [2.45, 2.75) is 50.7 Å². The fourth-order valence-electron chi connectivity index (χ4n) is 3.82. The Morgan fingerprint density at radius 1 is 1.32 bits per heavy atom. The summed E-state index contributed by atoms with van der Waals surface area (Å²) in [6, 6.07) is 2.63. The summed E-state index contributed by atoms with van der Waals surface area (Å²) in [5.41, 5.74) is 0.356. The Bertz CT molecular complexity index is 446. The molecule has 19 heavy (non-hydrogen) atoms. The molecule has 3 nitrogen and oxygen atoms in total. The predicted molar refractivity (Wildman–Crippen MR) is 79.3 cm³/mol. The zero-order valence-corrected chi connectivity index (χ0v) is 12.9. The van der Waals surface area contributed by atoms with E-state index in [9.17, 15) is 0 Å². The normalized spacial score (nSPS) is 28.9. The Hall–Kier alpha value is -0.610. The third kappa shape index (κ3) is 2.40. The molecule has 3 rings (SSSR count). The van der Waals surface area contributed by atoms with Crippen LogP contribution in [0.2, 0.25) is 0 Å². The number of nitrogens with one attached hydrogen (secondary N) is 1. The molecule has 2 fully saturated rings. The largest absolute Gasteiger partial charge is 0.488 e. The SMILES string of the molecule is CNC1CC(Oc2cncc(Br)c2)C12CCCCC2. The van der Waals surface area contributed by atoms with Gasteiger partial charge in [0.1, 0.15) is 11.9 Å². The smallest absolute Gasteiger partial charge is 0.139 e. The van der Waals surface area contributed by atoms with Gasteiger partial charge in [-0.2, -0.15) is 0 Å². The van der Waals surface area contributed by atoms with Gasteiger partial charge in [0.05, 0.1) is 6.20 Å². The van der Waals surface area contributed by atoms with Crippen LogP contribution >= 0.6 is 15.9 Å². The van der Waals surface area contributed by atoms with Gasteiger partial charge in [0, 0.05) is 28.5 Å². The van der Waals surface area contributed by atoms with Crippen molar-refractivity contribution in [2.24, 2.45) is 5.41 Å². The maximum absolute atomic E-state index is 6.22. The lowest BCUT2D eigenvalue weighted by atomic mass is 9.55. The second-order valence-corrected chi connectivity index (χ2v) is 6.73. The summed E-state index contributed by atoms with van der Waals surface area (Å²) in [5.74, 6) is 0.888. The van der Waals surface area contributed by atoms with Crippen LogP contribution in [0, 0.1) is 5.41 Å². The second-order valence-electron chi connectivity index (χ2n) is 5.82. The topological polar surface area (TPSA) is 34.1 Å². The third-order valence-electron chi connectivity index (χ3n) is 4.88. The van der Waals surface area contributed by atoms with Gasteiger partial charge in [-0.1, -0.05) is 19.3 Å². The average molecular weight is 325 g/mol. The van der Waals surface area contributed by atoms with Crippen LogP contribution in [0.15, 0.2) is 22.9 Å². The molecule has 0 aliphatic heterocycles. The molecule has 2 aliphatic carbocycles. The van der Waals surface area contributed by atoms with Gasteiger partial charge in [-0.05, 0) is 41.9 Å². The van der Waals surface area contributed by atoms with Gasteiger partial charge >= 0.3 is 0 Å². The number of rotatable bonds is 3. The van der Waals surface area contributed by atoms with Crippen molar-refractivity contribution in [3.63, 3.8) is 0 Å². The fraction of sp³-hybridized carbons (Fsp3) is 0.667. The molecule has 0 bridgehead atoms. The average Bonchev–Trinajstić information content (AvgIpc) is 2.44. The van der Waals surface area contributed by atoms with Gasteiger partial charge in [0.2, 0.25) is 0 Å². The minimum atomic E-state index is 0.348. The molecule has 2 unspecified atom stereocenters. The lowest BCUT2D eigenvalue weighted by Gasteiger charge is -2.57. The van der Waals surface area contributed by atoms with E-state index in [1.54, 1.807) is 6.20 Å². The first-order chi connectivity index (χ1) is 9.24. The van der Waals surface area contributed by atoms with Gasteiger partial charge in [0.15, 0.2) is 0 Å². The lowest BCUT2D eigenvalue weighted by Crippen LogP contribution is -2.64. The molecule has 1 aromatic rings. The van der Waals surface area contributed by atoms with Crippen molar-refractivity contribution in [2.75, 3.05) is 7.05 Å². The first kappa shape index (κ1) is 13.4. The first-order valence-electron chi connectivity index (χ1n) is 7.19. The summed E-state index contributed by atoms with van der Waals surface area (Å²) in [7, 11) is 2.08. The van der Waals surface area contributed by atoms with Gasteiger partial charge in [-0.25, -0.2) is 0 Å². The minimum Gasteiger partial charge on any atom is -0.488 e. The molecule has 1 aromatic heterocycles. The van der Waals surface area contributed by atoms with Crippen LogP contribution in [-0.4, -0.2) is 24.2 Å². The number of hydrogen-bond donors (Lipinski definition) is 1. The van der Waals surface area contributed by atoms with Crippen LogP contribution in [0.4, 0.5) is 0 Å². The molecule has 0 amide bonds. The summed E-state index contributed by atoms with van der Waals surface area (Å²) >= 11 is 3.45. The zero-order chi connectivity index (χ0) is 13.3. The van der Waals surface area contributed by atoms with E-state index in [1.165, 1.54) is 32.1 Å². The van der Waals surface area contributed by atoms with Gasteiger partial charge in [0.25, 0.3) is 0 Å². The van der Waals surface area contributed by atoms with Crippen molar-refractivity contribution < 1.29 is 4.74 Å². The molecule has 2 atom stereocenters. The Kier molecular flexibility index (Phi) is 3.81. The van der Waals surface area contributed by atoms with Crippen molar-refractivity contribution in [3.8, 4) is 5.75 Å². The van der Waals surface area contributed by atoms with E-state index < -0.39 is 0 Å². The molecular weight excluding hydrogens is 304 g/mol. The van der Waals surface area contributed by atoms with Gasteiger partial charge < -0.3 is 10.1 Å². The Balaban J connectivity index is 1.74. The maximum atomic E-state index is 6.22. The summed E-state index contributed by atoms with van der Waals surface area (Å²) < 4.78 is 7.20. The number of ether oxygens (including phenoxy) is 1. The number of nitrogens with zero attached hydrogens (tertiary/aromatic N) is 1. The summed E-state index contributed by atoms with van der Waals surface area (Å²) in [6.07, 6.45) is 11.7. The fourth-order valence-corrected chi connectivity index (χ4v) is 4.16. The monoisotopic (exact) mass is 324 g/mol. The lowest BCUT2D eigenvalue weighted by molar-refractivity contribution is -0.101. The van der Waals surface area contributed by atoms with Crippen molar-refractivity contribution >= 4 is 15.9 Å². The summed E-state index contributed by atoms with van der Waals surface area (Å²) in [5, 5.41) is 3.48. The minimum absolute atomic E-state index is 0.348. The molecule has 0 radical (unpaired) electrons. The molecule has 1 N–H and O–H groups in total. The first-order valence-corrected chi connectivity index (χ1v) is 7.98. The quantitative estimate of drug-likeness (QED) is 0.923. The van der Waals surface area contributed by atoms with Crippen LogP contribution in [0.3, 0.4) is 0 Å². The van der Waals surface area contributed by atoms with Crippen molar-refractivity contribution in [1.29, 1.82) is 0 Å². The standard InChI is InChI=1S/C15H21BrN2O/c1-17-13-8-14(15(13)5-3-2-4-6-15)19-12-7-11(16)9-18-10-12/h7,9-10,13-14,17H,2-6,8H2,1H3. The van der Waals surface area contributed by atoms with Crippen LogP contribution in [0.1, 0.15) is 38.5 Å². The van der Waals surface area contributed by atoms with Crippen LogP contribution < -0.4 is 10.1 Å². The second kappa shape index (κ2) is 5.41. The van der Waals surface area contributed by atoms with Crippen LogP contribution in [0.5, 0.6) is 5.75 Å². The van der Waals surface area contributed by atoms with Gasteiger partial charge in [-0.3, -0.25) is 4.98 Å². The highest BCUT2D eigenvalue weighted by molar-refractivity contribution is 9.10. The van der Waals surface area contributed by atoms with Gasteiger partial charge in [-0.15, -0.1) is 0 Å². The highest BCUT2D eigenvalue weighted by atomic mass is 79.9.